The number of fused-ring (bicyclic) bond motifs is 1. The van der Waals surface area contributed by atoms with Gasteiger partial charge < -0.3 is 24.4 Å². The molecule has 0 bridgehead atoms. The van der Waals surface area contributed by atoms with Gasteiger partial charge >= 0.3 is 5.97 Å². The number of ether oxygens (including phenoxy) is 2. The average molecular weight is 580 g/mol. The first kappa shape index (κ1) is 31.1. The fraction of sp³-hybridized carbons (Fsp3) is 0.433. The molecule has 3 atom stereocenters. The first-order chi connectivity index (χ1) is 17.8. The van der Waals surface area contributed by atoms with E-state index >= 15 is 0 Å². The Labute approximate surface area is 241 Å². The third-order valence-electron chi connectivity index (χ3n) is 8.03. The molecule has 3 aromatic rings. The van der Waals surface area contributed by atoms with E-state index in [4.69, 9.17) is 9.47 Å². The van der Waals surface area contributed by atoms with E-state index in [0.29, 0.717) is 19.3 Å². The third-order valence-corrected chi connectivity index (χ3v) is 8.03. The van der Waals surface area contributed by atoms with Crippen LogP contribution in [0.1, 0.15) is 35.2 Å². The number of carbonyl (C=O) groups is 1. The van der Waals surface area contributed by atoms with Crippen molar-refractivity contribution in [1.29, 1.82) is 0 Å². The Morgan fingerprint density at radius 3 is 2.46 bits per heavy atom. The van der Waals surface area contributed by atoms with Crippen LogP contribution in [0.2, 0.25) is 0 Å². The van der Waals surface area contributed by atoms with Gasteiger partial charge in [0.05, 0.1) is 18.3 Å². The molecule has 1 aliphatic heterocycles. The van der Waals surface area contributed by atoms with Crippen LogP contribution in [0, 0.1) is 11.7 Å². The molecular formula is C30H37Cl2FN2O4. The van der Waals surface area contributed by atoms with Crippen LogP contribution < -0.4 is 4.74 Å². The zero-order valence-corrected chi connectivity index (χ0v) is 24.0. The van der Waals surface area contributed by atoms with Gasteiger partial charge in [-0.25, -0.2) is 9.18 Å². The molecular weight excluding hydrogens is 542 g/mol. The van der Waals surface area contributed by atoms with Crippen LogP contribution in [0.3, 0.4) is 0 Å². The van der Waals surface area contributed by atoms with Gasteiger partial charge in [0.15, 0.2) is 0 Å². The van der Waals surface area contributed by atoms with Crippen molar-refractivity contribution >= 4 is 41.6 Å². The first-order valence-electron chi connectivity index (χ1n) is 13.0. The number of rotatable bonds is 6. The lowest BCUT2D eigenvalue weighted by atomic mass is 9.70. The maximum Gasteiger partial charge on any atom is 0.338 e. The number of hydrogen-bond donors (Lipinski definition) is 1. The van der Waals surface area contributed by atoms with Crippen molar-refractivity contribution in [3.63, 3.8) is 0 Å². The van der Waals surface area contributed by atoms with Crippen molar-refractivity contribution in [1.82, 2.24) is 9.80 Å². The van der Waals surface area contributed by atoms with Gasteiger partial charge in [0.25, 0.3) is 0 Å². The molecule has 3 aromatic carbocycles. The predicted molar refractivity (Wildman–Crippen MR) is 156 cm³/mol. The monoisotopic (exact) mass is 578 g/mol. The summed E-state index contributed by atoms with van der Waals surface area (Å²) in [6, 6.07) is 17.7. The zero-order chi connectivity index (χ0) is 26.0. The highest BCUT2D eigenvalue weighted by atomic mass is 35.5. The molecule has 1 saturated heterocycles. The normalized spacial score (nSPS) is 23.9. The van der Waals surface area contributed by atoms with Gasteiger partial charge in [0.2, 0.25) is 0 Å². The van der Waals surface area contributed by atoms with Gasteiger partial charge in [0, 0.05) is 38.6 Å². The summed E-state index contributed by atoms with van der Waals surface area (Å²) in [6.45, 7) is 4.57. The summed E-state index contributed by atoms with van der Waals surface area (Å²) in [5.74, 6) is -0.305. The lowest BCUT2D eigenvalue weighted by Gasteiger charge is -2.46. The molecule has 39 heavy (non-hydrogen) atoms. The number of methoxy groups -OCH3 is 1. The maximum absolute atomic E-state index is 13.6. The minimum Gasteiger partial charge on any atom is -0.497 e. The minimum absolute atomic E-state index is 0. The molecule has 1 heterocycles. The van der Waals surface area contributed by atoms with Crippen molar-refractivity contribution in [3.8, 4) is 5.75 Å². The summed E-state index contributed by atoms with van der Waals surface area (Å²) in [5.41, 5.74) is 0.0554. The topological polar surface area (TPSA) is 62.2 Å². The standard InChI is InChI=1S/C30H35FN2O4.2ClH/c1-32-12-14-33(15-13-32)20-25-19-28(37-29(34)23-4-3-5-26(31)17-23)10-11-30(25,35)24-8-6-22-18-27(36-2)9-7-21(22)16-24;;/h3-9,16-18,25,28,35H,10-15,19-20H2,1-2H3;2*1H. The summed E-state index contributed by atoms with van der Waals surface area (Å²) in [5, 5.41) is 14.3. The first-order valence-corrected chi connectivity index (χ1v) is 13.0. The molecule has 0 aromatic heterocycles. The Morgan fingerprint density at radius 1 is 1.03 bits per heavy atom. The molecule has 2 fully saturated rings. The van der Waals surface area contributed by atoms with Gasteiger partial charge in [-0.05, 0) is 79.0 Å². The highest BCUT2D eigenvalue weighted by Crippen LogP contribution is 2.44. The van der Waals surface area contributed by atoms with Crippen LogP contribution in [0.5, 0.6) is 5.75 Å². The molecule has 3 unspecified atom stereocenters. The summed E-state index contributed by atoms with van der Waals surface area (Å²) in [7, 11) is 3.78. The van der Waals surface area contributed by atoms with Crippen molar-refractivity contribution < 1.29 is 23.8 Å². The van der Waals surface area contributed by atoms with E-state index in [1.807, 2.05) is 30.3 Å². The second kappa shape index (κ2) is 13.3. The molecule has 212 valence electrons. The molecule has 0 spiro atoms. The third kappa shape index (κ3) is 7.02. The summed E-state index contributed by atoms with van der Waals surface area (Å²) in [4.78, 5) is 17.5. The fourth-order valence-corrected chi connectivity index (χ4v) is 5.73. The molecule has 2 aliphatic rings. The van der Waals surface area contributed by atoms with E-state index in [0.717, 1.165) is 54.8 Å². The van der Waals surface area contributed by atoms with E-state index in [-0.39, 0.29) is 42.4 Å². The zero-order valence-electron chi connectivity index (χ0n) is 22.3. The highest BCUT2D eigenvalue weighted by molar-refractivity contribution is 5.89. The molecule has 1 saturated carbocycles. The lowest BCUT2D eigenvalue weighted by Crippen LogP contribution is -2.52. The van der Waals surface area contributed by atoms with Crippen LogP contribution in [0.15, 0.2) is 60.7 Å². The number of piperazine rings is 1. The number of esters is 1. The number of hydrogen-bond acceptors (Lipinski definition) is 6. The second-order valence-corrected chi connectivity index (χ2v) is 10.5. The molecule has 6 nitrogen and oxygen atoms in total. The fourth-order valence-electron chi connectivity index (χ4n) is 5.73. The number of likely N-dealkylation sites (N-methyl/N-ethyl adjacent to an activating group) is 1. The van der Waals surface area contributed by atoms with Gasteiger partial charge in [-0.15, -0.1) is 24.8 Å². The SMILES string of the molecule is COc1ccc2cc(C3(O)CCC(OC(=O)c4cccc(F)c4)CC3CN3CCN(C)CC3)ccc2c1.Cl.Cl. The predicted octanol–water partition coefficient (Wildman–Crippen LogP) is 5.29. The Kier molecular flexibility index (Phi) is 10.6. The van der Waals surface area contributed by atoms with Crippen LogP contribution in [0.25, 0.3) is 10.8 Å². The van der Waals surface area contributed by atoms with Crippen molar-refractivity contribution in [2.45, 2.75) is 31.0 Å². The molecule has 1 aliphatic carbocycles. The van der Waals surface area contributed by atoms with E-state index in [1.165, 1.54) is 18.2 Å². The summed E-state index contributed by atoms with van der Waals surface area (Å²) in [6.07, 6.45) is 1.23. The summed E-state index contributed by atoms with van der Waals surface area (Å²) >= 11 is 0. The van der Waals surface area contributed by atoms with E-state index < -0.39 is 17.4 Å². The average Bonchev–Trinajstić information content (AvgIpc) is 2.91. The van der Waals surface area contributed by atoms with Gasteiger partial charge in [-0.3, -0.25) is 0 Å². The van der Waals surface area contributed by atoms with Crippen molar-refractivity contribution in [2.75, 3.05) is 46.9 Å². The lowest BCUT2D eigenvalue weighted by molar-refractivity contribution is -0.100. The summed E-state index contributed by atoms with van der Waals surface area (Å²) < 4.78 is 24.8. The highest BCUT2D eigenvalue weighted by Gasteiger charge is 2.45. The number of carbonyl (C=O) groups excluding carboxylic acids is 1. The van der Waals surface area contributed by atoms with Crippen LogP contribution >= 0.6 is 24.8 Å². The van der Waals surface area contributed by atoms with Crippen molar-refractivity contribution in [2.24, 2.45) is 5.92 Å². The Morgan fingerprint density at radius 2 is 1.74 bits per heavy atom. The van der Waals surface area contributed by atoms with Crippen LogP contribution in [-0.2, 0) is 10.3 Å². The Bertz CT molecular complexity index is 1270. The largest absolute Gasteiger partial charge is 0.497 e. The maximum atomic E-state index is 13.6. The number of nitrogens with zero attached hydrogens (tertiary/aromatic N) is 2. The van der Waals surface area contributed by atoms with Gasteiger partial charge in [0.1, 0.15) is 17.7 Å². The van der Waals surface area contributed by atoms with Gasteiger partial charge in [-0.1, -0.05) is 24.3 Å². The number of aliphatic hydroxyl groups is 1. The smallest absolute Gasteiger partial charge is 0.338 e. The van der Waals surface area contributed by atoms with E-state index in [2.05, 4.69) is 22.9 Å². The molecule has 0 amide bonds. The quantitative estimate of drug-likeness (QED) is 0.401. The number of halogens is 3. The molecule has 1 N–H and O–H groups in total. The van der Waals surface area contributed by atoms with E-state index in [9.17, 15) is 14.3 Å². The minimum atomic E-state index is -1.04. The van der Waals surface area contributed by atoms with E-state index in [1.54, 1.807) is 13.2 Å². The van der Waals surface area contributed by atoms with Gasteiger partial charge in [-0.2, -0.15) is 0 Å². The number of benzene rings is 3. The van der Waals surface area contributed by atoms with Crippen LogP contribution in [0.4, 0.5) is 4.39 Å². The molecule has 5 rings (SSSR count). The molecule has 9 heteroatoms. The Hall–Kier alpha value is -2.42. The second-order valence-electron chi connectivity index (χ2n) is 10.5. The van der Waals surface area contributed by atoms with Crippen LogP contribution in [-0.4, -0.2) is 73.9 Å². The van der Waals surface area contributed by atoms with Crippen molar-refractivity contribution in [3.05, 3.63) is 77.6 Å². The Balaban J connectivity index is 0.00000210. The molecule has 0 radical (unpaired) electrons.